The molecule has 3 aromatic carbocycles. The van der Waals surface area contributed by atoms with Crippen molar-refractivity contribution in [1.29, 1.82) is 0 Å². The molecule has 2 fully saturated rings. The maximum absolute atomic E-state index is 13.2. The largest absolute Gasteiger partial charge is 0.455 e. The Morgan fingerprint density at radius 1 is 0.865 bits per heavy atom. The Balaban J connectivity index is 1.19. The Labute approximate surface area is 222 Å². The van der Waals surface area contributed by atoms with E-state index in [9.17, 15) is 18.0 Å². The number of benzene rings is 3. The van der Waals surface area contributed by atoms with Crippen LogP contribution in [-0.4, -0.2) is 62.3 Å². The van der Waals surface area contributed by atoms with Crippen molar-refractivity contribution in [2.45, 2.75) is 36.0 Å². The number of halogens is 1. The third kappa shape index (κ3) is 5.10. The molecule has 0 aromatic heterocycles. The predicted octanol–water partition coefficient (Wildman–Crippen LogP) is 4.38. The summed E-state index contributed by atoms with van der Waals surface area (Å²) >= 11 is 6.02. The summed E-state index contributed by atoms with van der Waals surface area (Å²) in [5.74, 6) is -0.710. The number of sulfonamides is 1. The van der Waals surface area contributed by atoms with Crippen LogP contribution in [-0.2, 0) is 29.8 Å². The monoisotopic (exact) mass is 540 g/mol. The molecule has 0 bridgehead atoms. The van der Waals surface area contributed by atoms with E-state index in [0.29, 0.717) is 17.9 Å². The summed E-state index contributed by atoms with van der Waals surface area (Å²) in [6.45, 7) is 0.496. The third-order valence-corrected chi connectivity index (χ3v) is 9.67. The highest BCUT2D eigenvalue weighted by Gasteiger charge is 2.44. The minimum Gasteiger partial charge on any atom is -0.455 e. The Morgan fingerprint density at radius 3 is 2.19 bits per heavy atom. The second-order valence-electron chi connectivity index (χ2n) is 9.67. The Kier molecular flexibility index (Phi) is 7.25. The number of piperazine rings is 1. The van der Waals surface area contributed by atoms with Gasteiger partial charge >= 0.3 is 5.97 Å². The van der Waals surface area contributed by atoms with Crippen LogP contribution in [0.25, 0.3) is 10.8 Å². The van der Waals surface area contributed by atoms with Gasteiger partial charge in [0.15, 0.2) is 6.61 Å². The maximum atomic E-state index is 13.2. The van der Waals surface area contributed by atoms with Gasteiger partial charge < -0.3 is 9.64 Å². The second-order valence-corrected chi connectivity index (χ2v) is 12.0. The van der Waals surface area contributed by atoms with Crippen molar-refractivity contribution in [2.24, 2.45) is 0 Å². The molecule has 9 heteroatoms. The summed E-state index contributed by atoms with van der Waals surface area (Å²) in [6.07, 6.45) is 3.18. The Morgan fingerprint density at radius 2 is 1.51 bits per heavy atom. The van der Waals surface area contributed by atoms with Gasteiger partial charge in [0.25, 0.3) is 5.91 Å². The summed E-state index contributed by atoms with van der Waals surface area (Å²) in [5.41, 5.74) is 0.108. The number of hydrogen-bond donors (Lipinski definition) is 0. The Bertz CT molecular complexity index is 1410. The van der Waals surface area contributed by atoms with Crippen molar-refractivity contribution in [1.82, 2.24) is 9.21 Å². The van der Waals surface area contributed by atoms with Gasteiger partial charge in [0.2, 0.25) is 10.0 Å². The van der Waals surface area contributed by atoms with Crippen molar-refractivity contribution < 1.29 is 22.7 Å². The zero-order valence-corrected chi connectivity index (χ0v) is 22.0. The molecule has 1 saturated heterocycles. The predicted molar refractivity (Wildman–Crippen MR) is 142 cm³/mol. The molecule has 0 unspecified atom stereocenters. The van der Waals surface area contributed by atoms with Crippen LogP contribution in [0.3, 0.4) is 0 Å². The zero-order valence-electron chi connectivity index (χ0n) is 20.4. The number of nitrogens with zero attached hydrogens (tertiary/aromatic N) is 2. The first-order valence-electron chi connectivity index (χ1n) is 12.5. The lowest BCUT2D eigenvalue weighted by molar-refractivity contribution is -0.157. The normalized spacial score (nSPS) is 18.1. The maximum Gasteiger partial charge on any atom is 0.317 e. The fourth-order valence-electron chi connectivity index (χ4n) is 5.37. The lowest BCUT2D eigenvalue weighted by Gasteiger charge is -2.34. The van der Waals surface area contributed by atoms with Gasteiger partial charge in [-0.3, -0.25) is 9.59 Å². The summed E-state index contributed by atoms with van der Waals surface area (Å²) in [4.78, 5) is 27.8. The summed E-state index contributed by atoms with van der Waals surface area (Å²) < 4.78 is 33.4. The van der Waals surface area contributed by atoms with Crippen LogP contribution >= 0.6 is 11.6 Å². The van der Waals surface area contributed by atoms with Crippen molar-refractivity contribution in [3.05, 3.63) is 77.3 Å². The molecule has 5 rings (SSSR count). The fraction of sp³-hybridized carbons (Fsp3) is 0.357. The highest BCUT2D eigenvalue weighted by Crippen LogP contribution is 2.42. The van der Waals surface area contributed by atoms with E-state index in [1.807, 2.05) is 36.4 Å². The summed E-state index contributed by atoms with van der Waals surface area (Å²) in [6, 6.07) is 19.9. The van der Waals surface area contributed by atoms with Gasteiger partial charge in [-0.2, -0.15) is 4.31 Å². The van der Waals surface area contributed by atoms with E-state index in [4.69, 9.17) is 16.3 Å². The average molecular weight is 541 g/mol. The molecule has 2 aliphatic rings. The number of esters is 1. The fourth-order valence-corrected chi connectivity index (χ4v) is 6.95. The SMILES string of the molecule is O=C(COC(=O)C1(c2ccc(Cl)cc2)CCCC1)N1CCN(S(=O)(=O)c2ccc3ccccc3c2)CC1. The van der Waals surface area contributed by atoms with E-state index in [0.717, 1.165) is 29.2 Å². The minimum absolute atomic E-state index is 0.184. The summed E-state index contributed by atoms with van der Waals surface area (Å²) in [5, 5.41) is 2.43. The number of rotatable bonds is 6. The molecule has 1 heterocycles. The summed E-state index contributed by atoms with van der Waals surface area (Å²) in [7, 11) is -3.68. The van der Waals surface area contributed by atoms with Gasteiger partial charge in [-0.05, 0) is 53.4 Å². The molecule has 194 valence electrons. The highest BCUT2D eigenvalue weighted by atomic mass is 35.5. The lowest BCUT2D eigenvalue weighted by atomic mass is 9.79. The molecule has 7 nitrogen and oxygen atoms in total. The lowest BCUT2D eigenvalue weighted by Crippen LogP contribution is -2.51. The molecule has 0 radical (unpaired) electrons. The van der Waals surface area contributed by atoms with E-state index in [2.05, 4.69) is 0 Å². The molecule has 1 aliphatic carbocycles. The van der Waals surface area contributed by atoms with E-state index in [1.54, 1.807) is 35.2 Å². The zero-order chi connectivity index (χ0) is 26.0. The molecular weight excluding hydrogens is 512 g/mol. The standard InChI is InChI=1S/C28H29ClN2O5S/c29-24-10-8-23(9-11-24)28(13-3-4-14-28)27(33)36-20-26(32)30-15-17-31(18-16-30)37(34,35)25-12-7-21-5-1-2-6-22(21)19-25/h1-2,5-12,19H,3-4,13-18,20H2. The van der Waals surface area contributed by atoms with Gasteiger partial charge in [0.1, 0.15) is 0 Å². The van der Waals surface area contributed by atoms with E-state index in [-0.39, 0.29) is 43.6 Å². The van der Waals surface area contributed by atoms with Gasteiger partial charge in [-0.15, -0.1) is 0 Å². The molecule has 1 amide bonds. The molecule has 0 N–H and O–H groups in total. The second kappa shape index (κ2) is 10.4. The van der Waals surface area contributed by atoms with Crippen LogP contribution in [0.2, 0.25) is 5.02 Å². The van der Waals surface area contributed by atoms with Crippen molar-refractivity contribution in [3.63, 3.8) is 0 Å². The number of amides is 1. The van der Waals surface area contributed by atoms with Gasteiger partial charge in [-0.1, -0.05) is 66.9 Å². The highest BCUT2D eigenvalue weighted by molar-refractivity contribution is 7.89. The van der Waals surface area contributed by atoms with Crippen LogP contribution < -0.4 is 0 Å². The quantitative estimate of drug-likeness (QED) is 0.433. The molecule has 0 spiro atoms. The number of ether oxygens (including phenoxy) is 1. The van der Waals surface area contributed by atoms with Crippen LogP contribution in [0.15, 0.2) is 71.6 Å². The van der Waals surface area contributed by atoms with Gasteiger partial charge in [-0.25, -0.2) is 8.42 Å². The number of hydrogen-bond acceptors (Lipinski definition) is 5. The van der Waals surface area contributed by atoms with Crippen molar-refractivity contribution in [2.75, 3.05) is 32.8 Å². The van der Waals surface area contributed by atoms with E-state index in [1.165, 1.54) is 4.31 Å². The molecule has 37 heavy (non-hydrogen) atoms. The van der Waals surface area contributed by atoms with Crippen LogP contribution in [0.1, 0.15) is 31.2 Å². The Hall–Kier alpha value is -2.94. The van der Waals surface area contributed by atoms with Gasteiger partial charge in [0.05, 0.1) is 10.3 Å². The minimum atomic E-state index is -3.68. The first-order chi connectivity index (χ1) is 17.8. The van der Waals surface area contributed by atoms with Crippen LogP contribution in [0, 0.1) is 0 Å². The van der Waals surface area contributed by atoms with Crippen molar-refractivity contribution in [3.8, 4) is 0 Å². The number of fused-ring (bicyclic) bond motifs is 1. The first kappa shape index (κ1) is 25.7. The topological polar surface area (TPSA) is 84.0 Å². The number of carbonyl (C=O) groups excluding carboxylic acids is 2. The molecule has 3 aromatic rings. The third-order valence-electron chi connectivity index (χ3n) is 7.52. The van der Waals surface area contributed by atoms with Crippen LogP contribution in [0.5, 0.6) is 0 Å². The first-order valence-corrected chi connectivity index (χ1v) is 14.3. The number of carbonyl (C=O) groups is 2. The van der Waals surface area contributed by atoms with E-state index >= 15 is 0 Å². The van der Waals surface area contributed by atoms with E-state index < -0.39 is 21.4 Å². The van der Waals surface area contributed by atoms with Crippen LogP contribution in [0.4, 0.5) is 0 Å². The molecular formula is C28H29ClN2O5S. The molecule has 1 aliphatic heterocycles. The van der Waals surface area contributed by atoms with Crippen molar-refractivity contribution >= 4 is 44.3 Å². The smallest absolute Gasteiger partial charge is 0.317 e. The molecule has 1 saturated carbocycles. The average Bonchev–Trinajstić information content (AvgIpc) is 3.43. The van der Waals surface area contributed by atoms with Gasteiger partial charge in [0, 0.05) is 31.2 Å². The molecule has 0 atom stereocenters.